The van der Waals surface area contributed by atoms with E-state index in [-0.39, 0.29) is 18.3 Å². The van der Waals surface area contributed by atoms with Crippen molar-refractivity contribution >= 4 is 56.7 Å². The zero-order valence-electron chi connectivity index (χ0n) is 24.4. The second kappa shape index (κ2) is 15.6. The monoisotopic (exact) mass is 674 g/mol. The number of carbonyl (C=O) groups excluding carboxylic acids is 2. The van der Waals surface area contributed by atoms with Gasteiger partial charge >= 0.3 is 12.1 Å². The minimum Gasteiger partial charge on any atom is -0.447 e. The maximum atomic E-state index is 13.1. The molecule has 1 heterocycles. The van der Waals surface area contributed by atoms with E-state index in [0.717, 1.165) is 11.8 Å². The van der Waals surface area contributed by atoms with Gasteiger partial charge in [0.1, 0.15) is 23.3 Å². The molecular weight excluding hydrogens is 643 g/mol. The Balaban J connectivity index is 1.50. The van der Waals surface area contributed by atoms with Crippen molar-refractivity contribution in [3.05, 3.63) is 99.9 Å². The summed E-state index contributed by atoms with van der Waals surface area (Å²) < 4.78 is 35.9. The Morgan fingerprint density at radius 2 is 1.73 bits per heavy atom. The van der Waals surface area contributed by atoms with E-state index in [9.17, 15) is 18.0 Å². The highest BCUT2D eigenvalue weighted by Crippen LogP contribution is 2.29. The Labute approximate surface area is 270 Å². The lowest BCUT2D eigenvalue weighted by Gasteiger charge is -2.18. The molecule has 1 aromatic heterocycles. The fourth-order valence-electron chi connectivity index (χ4n) is 4.27. The van der Waals surface area contributed by atoms with Crippen LogP contribution in [0.1, 0.15) is 23.0 Å². The number of H-pyrrole nitrogens is 1. The van der Waals surface area contributed by atoms with E-state index in [2.05, 4.69) is 25.7 Å². The normalized spacial score (nSPS) is 11.8. The maximum Gasteiger partial charge on any atom is 0.411 e. The summed E-state index contributed by atoms with van der Waals surface area (Å²) in [5, 5.41) is 8.98. The Kier molecular flexibility index (Phi) is 11.7. The van der Waals surface area contributed by atoms with E-state index in [1.54, 1.807) is 36.4 Å². The minimum absolute atomic E-state index is 0.00717. The van der Waals surface area contributed by atoms with Crippen molar-refractivity contribution in [3.8, 4) is 11.3 Å². The zero-order chi connectivity index (χ0) is 32.4. The number of aromatic nitrogens is 2. The topological polar surface area (TPSA) is 164 Å². The number of imidazole rings is 1. The predicted octanol–water partition coefficient (Wildman–Crippen LogP) is 5.73. The van der Waals surface area contributed by atoms with Crippen LogP contribution >= 0.6 is 23.2 Å². The molecule has 5 N–H and O–H groups in total. The van der Waals surface area contributed by atoms with Gasteiger partial charge in [-0.1, -0.05) is 65.7 Å². The van der Waals surface area contributed by atoms with E-state index < -0.39 is 28.2 Å². The molecule has 0 saturated heterocycles. The van der Waals surface area contributed by atoms with Crippen LogP contribution in [0.2, 0.25) is 10.2 Å². The van der Waals surface area contributed by atoms with Crippen LogP contribution in [0.4, 0.5) is 21.0 Å². The van der Waals surface area contributed by atoms with Gasteiger partial charge in [-0.25, -0.2) is 23.0 Å². The smallest absolute Gasteiger partial charge is 0.411 e. The molecule has 0 bridgehead atoms. The highest BCUT2D eigenvalue weighted by atomic mass is 35.5. The lowest BCUT2D eigenvalue weighted by molar-refractivity contribution is 0.107. The van der Waals surface area contributed by atoms with E-state index in [1.165, 1.54) is 13.2 Å². The second-order valence-electron chi connectivity index (χ2n) is 9.86. The molecule has 4 rings (SSSR count). The average molecular weight is 676 g/mol. The van der Waals surface area contributed by atoms with Crippen molar-refractivity contribution in [2.24, 2.45) is 0 Å². The van der Waals surface area contributed by atoms with Gasteiger partial charge < -0.3 is 25.1 Å². The SMILES string of the molecule is COCCOC(=O)Nc1ccc(-c2nc([C@H](Cc3ccccc3)NC(=O)NCc3cc(Cl)ccc3NS(C)(=O)=O)[nH]c2Cl)cc1. The molecule has 3 amide bonds. The van der Waals surface area contributed by atoms with Crippen molar-refractivity contribution in [3.63, 3.8) is 0 Å². The molecule has 45 heavy (non-hydrogen) atoms. The van der Waals surface area contributed by atoms with Crippen molar-refractivity contribution < 1.29 is 27.5 Å². The molecule has 15 heteroatoms. The molecule has 4 aromatic rings. The first-order valence-electron chi connectivity index (χ1n) is 13.6. The quantitative estimate of drug-likeness (QED) is 0.113. The van der Waals surface area contributed by atoms with Gasteiger partial charge in [0.2, 0.25) is 10.0 Å². The molecule has 0 fully saturated rings. The lowest BCUT2D eigenvalue weighted by Crippen LogP contribution is -2.39. The van der Waals surface area contributed by atoms with E-state index in [4.69, 9.17) is 37.7 Å². The molecule has 0 saturated carbocycles. The van der Waals surface area contributed by atoms with Crippen molar-refractivity contribution in [1.82, 2.24) is 20.6 Å². The molecule has 0 aliphatic heterocycles. The first-order chi connectivity index (χ1) is 21.5. The number of nitrogens with one attached hydrogen (secondary N) is 5. The van der Waals surface area contributed by atoms with E-state index >= 15 is 0 Å². The summed E-state index contributed by atoms with van der Waals surface area (Å²) in [5.41, 5.74) is 3.37. The number of nitrogens with zero attached hydrogens (tertiary/aromatic N) is 1. The van der Waals surface area contributed by atoms with Gasteiger partial charge in [-0.3, -0.25) is 10.0 Å². The molecule has 1 atom stereocenters. The van der Waals surface area contributed by atoms with Crippen molar-refractivity contribution in [2.45, 2.75) is 19.0 Å². The van der Waals surface area contributed by atoms with E-state index in [0.29, 0.717) is 52.1 Å². The Morgan fingerprint density at radius 3 is 2.42 bits per heavy atom. The standard InChI is InChI=1S/C30H32Cl2N6O6S/c1-43-14-15-44-30(40)34-23-11-8-20(9-12-23)26-27(32)37-28(36-26)25(16-19-6-4-3-5-7-19)35-29(39)33-18-21-17-22(31)10-13-24(21)38-45(2,41)42/h3-13,17,25,38H,14-16,18H2,1-2H3,(H,34,40)(H,36,37)(H2,33,35,39)/t25-/m0/s1. The molecular formula is C30H32Cl2N6O6S. The Hall–Kier alpha value is -4.30. The molecule has 0 aliphatic rings. The number of benzene rings is 3. The highest BCUT2D eigenvalue weighted by Gasteiger charge is 2.22. The van der Waals surface area contributed by atoms with Crippen molar-refractivity contribution in [1.29, 1.82) is 0 Å². The Morgan fingerprint density at radius 1 is 1.00 bits per heavy atom. The number of anilines is 2. The summed E-state index contributed by atoms with van der Waals surface area (Å²) in [6.45, 7) is 0.414. The molecule has 0 unspecified atom stereocenters. The first-order valence-corrected chi connectivity index (χ1v) is 16.3. The van der Waals surface area contributed by atoms with Crippen LogP contribution in [-0.2, 0) is 32.5 Å². The summed E-state index contributed by atoms with van der Waals surface area (Å²) >= 11 is 12.7. The predicted molar refractivity (Wildman–Crippen MR) is 174 cm³/mol. The molecule has 0 aliphatic carbocycles. The third-order valence-corrected chi connectivity index (χ3v) is 7.42. The van der Waals surface area contributed by atoms with Crippen LogP contribution in [0.5, 0.6) is 0 Å². The first kappa shape index (κ1) is 33.6. The fraction of sp³-hybridized carbons (Fsp3) is 0.233. The summed E-state index contributed by atoms with van der Waals surface area (Å²) in [6, 6.07) is 19.9. The second-order valence-corrected chi connectivity index (χ2v) is 12.4. The number of sulfonamides is 1. The third-order valence-electron chi connectivity index (χ3n) is 6.32. The number of ether oxygens (including phenoxy) is 2. The number of hydrogen-bond acceptors (Lipinski definition) is 7. The molecule has 12 nitrogen and oxygen atoms in total. The number of urea groups is 1. The largest absolute Gasteiger partial charge is 0.447 e. The number of hydrogen-bond donors (Lipinski definition) is 5. The Bertz CT molecular complexity index is 1720. The summed E-state index contributed by atoms with van der Waals surface area (Å²) in [6.07, 6.45) is 0.824. The van der Waals surface area contributed by atoms with Crippen molar-refractivity contribution in [2.75, 3.05) is 36.6 Å². The zero-order valence-corrected chi connectivity index (χ0v) is 26.7. The highest BCUT2D eigenvalue weighted by molar-refractivity contribution is 7.92. The van der Waals surface area contributed by atoms with Gasteiger partial charge in [-0.05, 0) is 47.9 Å². The average Bonchev–Trinajstić information content (AvgIpc) is 3.38. The minimum atomic E-state index is -3.55. The number of halogens is 2. The summed E-state index contributed by atoms with van der Waals surface area (Å²) in [5.74, 6) is 0.417. The fourth-order valence-corrected chi connectivity index (χ4v) is 5.31. The maximum absolute atomic E-state index is 13.1. The summed E-state index contributed by atoms with van der Waals surface area (Å²) in [4.78, 5) is 32.8. The molecule has 238 valence electrons. The van der Waals surface area contributed by atoms with Gasteiger partial charge in [0, 0.05) is 29.9 Å². The lowest BCUT2D eigenvalue weighted by atomic mass is 10.1. The third kappa shape index (κ3) is 10.4. The number of carbonyl (C=O) groups is 2. The van der Waals surface area contributed by atoms with Crippen LogP contribution in [-0.4, -0.2) is 57.1 Å². The van der Waals surface area contributed by atoms with E-state index in [1.807, 2.05) is 30.3 Å². The van der Waals surface area contributed by atoms with Gasteiger partial charge in [0.25, 0.3) is 0 Å². The van der Waals surface area contributed by atoms with Crippen LogP contribution < -0.4 is 20.7 Å². The number of aromatic amines is 1. The van der Waals surface area contributed by atoms with Gasteiger partial charge in [0.15, 0.2) is 0 Å². The molecule has 0 radical (unpaired) electrons. The van der Waals surface area contributed by atoms with Gasteiger partial charge in [0.05, 0.1) is 24.6 Å². The van der Waals surface area contributed by atoms with Crippen LogP contribution in [0.25, 0.3) is 11.3 Å². The number of amides is 3. The van der Waals surface area contributed by atoms with Crippen LogP contribution in [0.15, 0.2) is 72.8 Å². The molecule has 0 spiro atoms. The summed E-state index contributed by atoms with van der Waals surface area (Å²) in [7, 11) is -2.04. The van der Waals surface area contributed by atoms with Gasteiger partial charge in [-0.15, -0.1) is 0 Å². The number of methoxy groups -OCH3 is 1. The van der Waals surface area contributed by atoms with Gasteiger partial charge in [-0.2, -0.15) is 0 Å². The molecule has 3 aromatic carbocycles. The van der Waals surface area contributed by atoms with Crippen LogP contribution in [0, 0.1) is 0 Å². The number of rotatable bonds is 13. The van der Waals surface area contributed by atoms with Crippen LogP contribution in [0.3, 0.4) is 0 Å².